The lowest BCUT2D eigenvalue weighted by molar-refractivity contribution is -0.167. The highest BCUT2D eigenvalue weighted by molar-refractivity contribution is 5.71. The van der Waals surface area contributed by atoms with Crippen molar-refractivity contribution in [1.29, 1.82) is 0 Å². The number of rotatable bonds is 51. The number of hydrogen-bond acceptors (Lipinski definition) is 6. The van der Waals surface area contributed by atoms with Gasteiger partial charge in [0.1, 0.15) is 13.2 Å². The fraction of sp³-hybridized carbons (Fsp3) is 0.646. The third-order valence-corrected chi connectivity index (χ3v) is 12.0. The van der Waals surface area contributed by atoms with E-state index in [0.717, 1.165) is 161 Å². The molecule has 0 aliphatic heterocycles. The Bertz CT molecular complexity index is 1500. The molecule has 0 aromatic carbocycles. The number of unbranched alkanes of at least 4 members (excludes halogenated alkanes) is 20. The molecule has 0 saturated heterocycles. The molecule has 0 aromatic rings. The van der Waals surface area contributed by atoms with Crippen molar-refractivity contribution < 1.29 is 28.6 Å². The fourth-order valence-electron chi connectivity index (χ4n) is 7.67. The first-order valence-corrected chi connectivity index (χ1v) is 29.0. The number of ether oxygens (including phenoxy) is 3. The van der Waals surface area contributed by atoms with Crippen LogP contribution < -0.4 is 0 Å². The van der Waals surface area contributed by atoms with E-state index in [1.54, 1.807) is 0 Å². The topological polar surface area (TPSA) is 78.9 Å². The lowest BCUT2D eigenvalue weighted by atomic mass is 10.1. The minimum Gasteiger partial charge on any atom is -0.462 e. The van der Waals surface area contributed by atoms with Gasteiger partial charge in [-0.3, -0.25) is 14.4 Å². The molecule has 402 valence electrons. The second-order valence-corrected chi connectivity index (χ2v) is 18.8. The first kappa shape index (κ1) is 66.8. The molecule has 71 heavy (non-hydrogen) atoms. The molecule has 0 amide bonds. The highest BCUT2D eigenvalue weighted by Crippen LogP contribution is 2.14. The van der Waals surface area contributed by atoms with Crippen LogP contribution in [0.1, 0.15) is 252 Å². The van der Waals surface area contributed by atoms with Crippen molar-refractivity contribution in [3.8, 4) is 0 Å². The molecule has 0 saturated carbocycles. The van der Waals surface area contributed by atoms with Gasteiger partial charge in [-0.05, 0) is 109 Å². The highest BCUT2D eigenvalue weighted by Gasteiger charge is 2.19. The highest BCUT2D eigenvalue weighted by atomic mass is 16.6. The van der Waals surface area contributed by atoms with Gasteiger partial charge in [0.05, 0.1) is 0 Å². The van der Waals surface area contributed by atoms with E-state index in [1.165, 1.54) is 51.4 Å². The summed E-state index contributed by atoms with van der Waals surface area (Å²) < 4.78 is 16.8. The monoisotopic (exact) mass is 983 g/mol. The van der Waals surface area contributed by atoms with Gasteiger partial charge in [-0.2, -0.15) is 0 Å². The van der Waals surface area contributed by atoms with Gasteiger partial charge < -0.3 is 14.2 Å². The Kier molecular flexibility index (Phi) is 54.9. The van der Waals surface area contributed by atoms with Crippen LogP contribution in [-0.4, -0.2) is 37.2 Å². The molecule has 6 heteroatoms. The van der Waals surface area contributed by atoms with Gasteiger partial charge in [0.15, 0.2) is 6.10 Å². The maximum atomic E-state index is 12.8. The molecular formula is C65H106O6. The van der Waals surface area contributed by atoms with Crippen LogP contribution in [0.25, 0.3) is 0 Å². The molecular weight excluding hydrogens is 877 g/mol. The van der Waals surface area contributed by atoms with E-state index in [9.17, 15) is 14.4 Å². The quantitative estimate of drug-likeness (QED) is 0.0261. The average Bonchev–Trinajstić information content (AvgIpc) is 3.37. The SMILES string of the molecule is CC/C=C\C/C=C\C/C=C\C/C=C\C/C=C\C/C=C\C/C=C\CCCCCCCC(=O)OCC(COC(=O)CCCCCCCCCCCCC)OC(=O)CCCCCCC/C=C\C/C=C\C/C=C\CC. The molecule has 0 radical (unpaired) electrons. The first-order valence-electron chi connectivity index (χ1n) is 29.0. The van der Waals surface area contributed by atoms with Crippen LogP contribution >= 0.6 is 0 Å². The lowest BCUT2D eigenvalue weighted by Crippen LogP contribution is -2.30. The molecule has 6 nitrogen and oxygen atoms in total. The number of carbonyl (C=O) groups excluding carboxylic acids is 3. The van der Waals surface area contributed by atoms with Gasteiger partial charge in [0.2, 0.25) is 0 Å². The van der Waals surface area contributed by atoms with Crippen molar-refractivity contribution in [3.05, 3.63) is 122 Å². The number of hydrogen-bond donors (Lipinski definition) is 0. The van der Waals surface area contributed by atoms with Crippen molar-refractivity contribution in [2.45, 2.75) is 258 Å². The van der Waals surface area contributed by atoms with E-state index >= 15 is 0 Å². The summed E-state index contributed by atoms with van der Waals surface area (Å²) in [7, 11) is 0. The molecule has 0 heterocycles. The Morgan fingerprint density at radius 3 is 0.859 bits per heavy atom. The Morgan fingerprint density at radius 1 is 0.296 bits per heavy atom. The molecule has 0 spiro atoms. The molecule has 1 unspecified atom stereocenters. The van der Waals surface area contributed by atoms with E-state index in [4.69, 9.17) is 14.2 Å². The normalized spacial score (nSPS) is 13.0. The Morgan fingerprint density at radius 2 is 0.549 bits per heavy atom. The van der Waals surface area contributed by atoms with Gasteiger partial charge >= 0.3 is 17.9 Å². The van der Waals surface area contributed by atoms with E-state index < -0.39 is 6.10 Å². The molecule has 0 bridgehead atoms. The van der Waals surface area contributed by atoms with Crippen LogP contribution in [0, 0.1) is 0 Å². The van der Waals surface area contributed by atoms with E-state index in [2.05, 4.69) is 142 Å². The summed E-state index contributed by atoms with van der Waals surface area (Å²) in [5.74, 6) is -0.932. The standard InChI is InChI=1S/C65H106O6/c1-4-7-10-13-16-19-22-24-26-27-28-29-30-31-32-33-34-35-36-37-39-40-43-46-49-52-55-58-64(67)70-61-62(60-69-63(66)57-54-51-48-45-42-21-18-15-12-9-6-3)71-65(68)59-56-53-50-47-44-41-38-25-23-20-17-14-11-8-5-2/h7-8,10-11,16-17,19-20,24-26,28-29,31-32,34-35,37-39,62H,4-6,9,12-15,18,21-23,27,30,33,36,40-61H2,1-3H3/b10-7-,11-8-,19-16-,20-17-,26-24-,29-28-,32-31-,35-34-,38-25-,39-37-. The minimum atomic E-state index is -0.797. The largest absolute Gasteiger partial charge is 0.462 e. The van der Waals surface area contributed by atoms with Gasteiger partial charge in [0.25, 0.3) is 0 Å². The number of allylic oxidation sites excluding steroid dienone is 20. The summed E-state index contributed by atoms with van der Waals surface area (Å²) in [6.07, 6.45) is 80.5. The predicted molar refractivity (Wildman–Crippen MR) is 306 cm³/mol. The summed E-state index contributed by atoms with van der Waals surface area (Å²) in [5, 5.41) is 0. The average molecular weight is 984 g/mol. The van der Waals surface area contributed by atoms with Crippen LogP contribution in [-0.2, 0) is 28.6 Å². The van der Waals surface area contributed by atoms with Crippen LogP contribution in [0.15, 0.2) is 122 Å². The summed E-state index contributed by atoms with van der Waals surface area (Å²) in [6, 6.07) is 0. The zero-order chi connectivity index (χ0) is 51.4. The molecule has 1 atom stereocenters. The van der Waals surface area contributed by atoms with Gasteiger partial charge in [-0.1, -0.05) is 245 Å². The van der Waals surface area contributed by atoms with Crippen LogP contribution in [0.2, 0.25) is 0 Å². The second kappa shape index (κ2) is 58.4. The van der Waals surface area contributed by atoms with Crippen LogP contribution in [0.3, 0.4) is 0 Å². The van der Waals surface area contributed by atoms with E-state index in [0.29, 0.717) is 19.3 Å². The van der Waals surface area contributed by atoms with Crippen LogP contribution in [0.5, 0.6) is 0 Å². The van der Waals surface area contributed by atoms with Gasteiger partial charge in [-0.25, -0.2) is 0 Å². The van der Waals surface area contributed by atoms with Crippen molar-refractivity contribution in [3.63, 3.8) is 0 Å². The second-order valence-electron chi connectivity index (χ2n) is 18.8. The fourth-order valence-corrected chi connectivity index (χ4v) is 7.67. The van der Waals surface area contributed by atoms with Crippen molar-refractivity contribution >= 4 is 17.9 Å². The predicted octanol–water partition coefficient (Wildman–Crippen LogP) is 19.6. The van der Waals surface area contributed by atoms with E-state index in [1.807, 2.05) is 0 Å². The zero-order valence-corrected chi connectivity index (χ0v) is 45.9. The summed E-state index contributed by atoms with van der Waals surface area (Å²) in [4.78, 5) is 38.1. The van der Waals surface area contributed by atoms with Crippen molar-refractivity contribution in [2.75, 3.05) is 13.2 Å². The molecule has 0 fully saturated rings. The lowest BCUT2D eigenvalue weighted by Gasteiger charge is -2.18. The molecule has 0 aromatic heterocycles. The summed E-state index contributed by atoms with van der Waals surface area (Å²) in [5.41, 5.74) is 0. The maximum Gasteiger partial charge on any atom is 0.306 e. The van der Waals surface area contributed by atoms with E-state index in [-0.39, 0.29) is 31.1 Å². The van der Waals surface area contributed by atoms with Crippen molar-refractivity contribution in [2.24, 2.45) is 0 Å². The third kappa shape index (κ3) is 56.6. The Balaban J connectivity index is 4.36. The third-order valence-electron chi connectivity index (χ3n) is 12.0. The molecule has 0 aliphatic rings. The Labute approximate surface area is 437 Å². The maximum absolute atomic E-state index is 12.8. The Hall–Kier alpha value is -4.19. The molecule has 0 N–H and O–H groups in total. The molecule has 0 aliphatic carbocycles. The number of esters is 3. The van der Waals surface area contributed by atoms with Gasteiger partial charge in [0, 0.05) is 19.3 Å². The number of carbonyl (C=O) groups is 3. The smallest absolute Gasteiger partial charge is 0.306 e. The first-order chi connectivity index (χ1) is 35.0. The zero-order valence-electron chi connectivity index (χ0n) is 45.9. The van der Waals surface area contributed by atoms with Crippen molar-refractivity contribution in [1.82, 2.24) is 0 Å². The molecule has 0 rings (SSSR count). The summed E-state index contributed by atoms with van der Waals surface area (Å²) in [6.45, 7) is 6.37. The van der Waals surface area contributed by atoms with Crippen LogP contribution in [0.4, 0.5) is 0 Å². The minimum absolute atomic E-state index is 0.0923. The van der Waals surface area contributed by atoms with Gasteiger partial charge in [-0.15, -0.1) is 0 Å². The summed E-state index contributed by atoms with van der Waals surface area (Å²) >= 11 is 0.